The molecule has 1 fully saturated rings. The van der Waals surface area contributed by atoms with E-state index in [0.29, 0.717) is 75.0 Å². The maximum absolute atomic E-state index is 13.3. The zero-order valence-electron chi connectivity index (χ0n) is 20.3. The monoisotopic (exact) mass is 484 g/mol. The van der Waals surface area contributed by atoms with E-state index in [1.165, 1.54) is 0 Å². The third-order valence-electron chi connectivity index (χ3n) is 5.55. The first-order valence-electron chi connectivity index (χ1n) is 11.9. The molecule has 0 aliphatic heterocycles. The summed E-state index contributed by atoms with van der Waals surface area (Å²) >= 11 is 0. The Bertz CT molecular complexity index is 1030. The van der Waals surface area contributed by atoms with Gasteiger partial charge in [-0.3, -0.25) is 4.79 Å². The highest BCUT2D eigenvalue weighted by molar-refractivity contribution is 5.78. The SMILES string of the molecule is COCCCNc1nc(Nc2ccnc(OC)c2)ncc1C#CCCCNC(=O)[C@H]1CC[C@@H](F)C1. The molecule has 1 aliphatic rings. The molecule has 3 N–H and O–H groups in total. The predicted molar refractivity (Wildman–Crippen MR) is 132 cm³/mol. The number of halogens is 1. The van der Waals surface area contributed by atoms with Crippen LogP contribution in [0.2, 0.25) is 0 Å². The highest BCUT2D eigenvalue weighted by Gasteiger charge is 2.29. The Hall–Kier alpha value is -3.45. The Labute approximate surface area is 205 Å². The second-order valence-corrected chi connectivity index (χ2v) is 8.24. The van der Waals surface area contributed by atoms with Crippen LogP contribution in [0.1, 0.15) is 44.1 Å². The number of carbonyl (C=O) groups excluding carboxylic acids is 1. The summed E-state index contributed by atoms with van der Waals surface area (Å²) in [5.41, 5.74) is 1.44. The molecule has 1 aliphatic carbocycles. The summed E-state index contributed by atoms with van der Waals surface area (Å²) in [5.74, 6) is 7.54. The molecule has 0 bridgehead atoms. The van der Waals surface area contributed by atoms with Gasteiger partial charge >= 0.3 is 0 Å². The number of hydrogen-bond acceptors (Lipinski definition) is 8. The van der Waals surface area contributed by atoms with Crippen molar-refractivity contribution in [3.05, 3.63) is 30.1 Å². The standard InChI is InChI=1S/C25H33FN6O3/c1-34-14-6-12-28-23-19(7-4-3-5-11-29-24(33)18-8-9-20(26)15-18)17-30-25(32-23)31-21-10-13-27-22(16-21)35-2/h10,13,16-18,20H,3,5-6,8-9,11-12,14-15H2,1-2H3,(H,29,33)(H2,27,28,30,31,32)/t18-,20+/m0/s1. The Balaban J connectivity index is 1.56. The fourth-order valence-corrected chi connectivity index (χ4v) is 3.67. The summed E-state index contributed by atoms with van der Waals surface area (Å²) in [6.45, 7) is 1.84. The van der Waals surface area contributed by atoms with E-state index in [2.05, 4.69) is 42.7 Å². The van der Waals surface area contributed by atoms with Crippen molar-refractivity contribution in [2.75, 3.05) is 44.5 Å². The molecule has 3 rings (SSSR count). The number of hydrogen-bond donors (Lipinski definition) is 3. The average Bonchev–Trinajstić information content (AvgIpc) is 3.31. The zero-order valence-corrected chi connectivity index (χ0v) is 20.3. The Kier molecular flexibility index (Phi) is 10.5. The molecule has 0 spiro atoms. The van der Waals surface area contributed by atoms with Gasteiger partial charge in [-0.25, -0.2) is 14.4 Å². The van der Waals surface area contributed by atoms with Crippen molar-refractivity contribution in [2.45, 2.75) is 44.7 Å². The van der Waals surface area contributed by atoms with E-state index in [4.69, 9.17) is 9.47 Å². The first-order valence-corrected chi connectivity index (χ1v) is 11.9. The van der Waals surface area contributed by atoms with Gasteiger partial charge < -0.3 is 25.4 Å². The number of alkyl halides is 1. The zero-order chi connectivity index (χ0) is 24.9. The van der Waals surface area contributed by atoms with Crippen molar-refractivity contribution in [3.63, 3.8) is 0 Å². The molecule has 10 heteroatoms. The van der Waals surface area contributed by atoms with Crippen molar-refractivity contribution < 1.29 is 18.7 Å². The van der Waals surface area contributed by atoms with Crippen molar-refractivity contribution in [1.29, 1.82) is 0 Å². The van der Waals surface area contributed by atoms with E-state index >= 15 is 0 Å². The molecular formula is C25H33FN6O3. The maximum Gasteiger partial charge on any atom is 0.229 e. The molecule has 9 nitrogen and oxygen atoms in total. The molecule has 0 saturated heterocycles. The second-order valence-electron chi connectivity index (χ2n) is 8.24. The lowest BCUT2D eigenvalue weighted by atomic mass is 10.1. The van der Waals surface area contributed by atoms with Gasteiger partial charge in [0.2, 0.25) is 17.7 Å². The van der Waals surface area contributed by atoms with Crippen LogP contribution in [-0.2, 0) is 9.53 Å². The molecule has 0 unspecified atom stereocenters. The summed E-state index contributed by atoms with van der Waals surface area (Å²) < 4.78 is 23.5. The average molecular weight is 485 g/mol. The molecule has 2 atom stereocenters. The summed E-state index contributed by atoms with van der Waals surface area (Å²) in [4.78, 5) is 25.1. The molecule has 1 amide bonds. The maximum atomic E-state index is 13.3. The van der Waals surface area contributed by atoms with Gasteiger partial charge in [-0.2, -0.15) is 4.98 Å². The van der Waals surface area contributed by atoms with Gasteiger partial charge in [0.15, 0.2) is 0 Å². The fraction of sp³-hybridized carbons (Fsp3) is 0.520. The van der Waals surface area contributed by atoms with E-state index in [0.717, 1.165) is 12.1 Å². The minimum absolute atomic E-state index is 0.0519. The van der Waals surface area contributed by atoms with E-state index in [1.54, 1.807) is 38.7 Å². The molecule has 2 aromatic heterocycles. The van der Waals surface area contributed by atoms with Crippen LogP contribution in [0.15, 0.2) is 24.5 Å². The molecule has 0 radical (unpaired) electrons. The molecule has 35 heavy (non-hydrogen) atoms. The van der Waals surface area contributed by atoms with Crippen LogP contribution < -0.4 is 20.7 Å². The van der Waals surface area contributed by atoms with Crippen LogP contribution in [0.3, 0.4) is 0 Å². The number of amides is 1. The number of unbranched alkanes of at least 4 members (excludes halogenated alkanes) is 1. The van der Waals surface area contributed by atoms with E-state index in [-0.39, 0.29) is 11.8 Å². The lowest BCUT2D eigenvalue weighted by Crippen LogP contribution is -2.30. The van der Waals surface area contributed by atoms with E-state index in [1.807, 2.05) is 0 Å². The number of pyridine rings is 1. The van der Waals surface area contributed by atoms with Gasteiger partial charge in [0.1, 0.15) is 12.0 Å². The normalized spacial score (nSPS) is 16.8. The van der Waals surface area contributed by atoms with Gasteiger partial charge in [-0.15, -0.1) is 0 Å². The van der Waals surface area contributed by atoms with Gasteiger partial charge in [0.25, 0.3) is 0 Å². The first-order chi connectivity index (χ1) is 17.1. The summed E-state index contributed by atoms with van der Waals surface area (Å²) in [7, 11) is 3.23. The van der Waals surface area contributed by atoms with Crippen LogP contribution in [0.25, 0.3) is 0 Å². The van der Waals surface area contributed by atoms with E-state index in [9.17, 15) is 9.18 Å². The highest BCUT2D eigenvalue weighted by Crippen LogP contribution is 2.27. The van der Waals surface area contributed by atoms with Crippen LogP contribution >= 0.6 is 0 Å². The smallest absolute Gasteiger partial charge is 0.229 e. The van der Waals surface area contributed by atoms with Crippen molar-refractivity contribution in [1.82, 2.24) is 20.3 Å². The summed E-state index contributed by atoms with van der Waals surface area (Å²) in [6, 6.07) is 3.55. The number of ether oxygens (including phenoxy) is 2. The lowest BCUT2D eigenvalue weighted by molar-refractivity contribution is -0.124. The van der Waals surface area contributed by atoms with Gasteiger partial charge in [-0.05, 0) is 38.2 Å². The largest absolute Gasteiger partial charge is 0.481 e. The van der Waals surface area contributed by atoms with Crippen molar-refractivity contribution in [3.8, 4) is 17.7 Å². The summed E-state index contributed by atoms with van der Waals surface area (Å²) in [5, 5.41) is 9.34. The molecule has 2 heterocycles. The predicted octanol–water partition coefficient (Wildman–Crippen LogP) is 3.46. The quantitative estimate of drug-likeness (QED) is 0.310. The van der Waals surface area contributed by atoms with Crippen molar-refractivity contribution >= 4 is 23.4 Å². The van der Waals surface area contributed by atoms with Crippen LogP contribution in [0.5, 0.6) is 5.88 Å². The number of rotatable bonds is 12. The molecule has 1 saturated carbocycles. The van der Waals surface area contributed by atoms with Crippen molar-refractivity contribution in [2.24, 2.45) is 5.92 Å². The Morgan fingerprint density at radius 1 is 1.23 bits per heavy atom. The molecular weight excluding hydrogens is 451 g/mol. The third-order valence-corrected chi connectivity index (χ3v) is 5.55. The van der Waals surface area contributed by atoms with Crippen LogP contribution in [0, 0.1) is 17.8 Å². The topological polar surface area (TPSA) is 110 Å². The number of aromatic nitrogens is 3. The summed E-state index contributed by atoms with van der Waals surface area (Å²) in [6.07, 6.45) is 6.07. The molecule has 188 valence electrons. The Morgan fingerprint density at radius 3 is 2.89 bits per heavy atom. The van der Waals surface area contributed by atoms with E-state index < -0.39 is 6.17 Å². The highest BCUT2D eigenvalue weighted by atomic mass is 19.1. The number of methoxy groups -OCH3 is 2. The van der Waals surface area contributed by atoms with Crippen LogP contribution in [0.4, 0.5) is 21.8 Å². The van der Waals surface area contributed by atoms with Crippen LogP contribution in [-0.4, -0.2) is 60.9 Å². The number of anilines is 3. The lowest BCUT2D eigenvalue weighted by Gasteiger charge is -2.11. The number of nitrogens with zero attached hydrogens (tertiary/aromatic N) is 3. The first kappa shape index (κ1) is 26.2. The fourth-order valence-electron chi connectivity index (χ4n) is 3.67. The number of nitrogens with one attached hydrogen (secondary N) is 3. The second kappa shape index (κ2) is 14.1. The minimum atomic E-state index is -0.842. The van der Waals surface area contributed by atoms with Gasteiger partial charge in [-0.1, -0.05) is 11.8 Å². The molecule has 2 aromatic rings. The number of carbonyl (C=O) groups is 1. The Morgan fingerprint density at radius 2 is 2.11 bits per heavy atom. The van der Waals surface area contributed by atoms with Gasteiger partial charge in [0, 0.05) is 57.1 Å². The van der Waals surface area contributed by atoms with Gasteiger partial charge in [0.05, 0.1) is 18.9 Å². The third kappa shape index (κ3) is 8.68. The molecule has 0 aromatic carbocycles. The minimum Gasteiger partial charge on any atom is -0.481 e.